The predicted molar refractivity (Wildman–Crippen MR) is 86.1 cm³/mol. The zero-order chi connectivity index (χ0) is 15.6. The fraction of sp³-hybridized carbons (Fsp3) is 0.500. The Hall–Kier alpha value is -0.590. The first kappa shape index (κ1) is 16.8. The van der Waals surface area contributed by atoms with Crippen molar-refractivity contribution in [2.24, 2.45) is 5.92 Å². The summed E-state index contributed by atoms with van der Waals surface area (Å²) in [5, 5.41) is 2.98. The van der Waals surface area contributed by atoms with E-state index >= 15 is 0 Å². The average Bonchev–Trinajstić information content (AvgIpc) is 2.37. The highest BCUT2D eigenvalue weighted by Crippen LogP contribution is 2.26. The van der Waals surface area contributed by atoms with Crippen molar-refractivity contribution < 1.29 is 13.2 Å². The molecule has 1 saturated carbocycles. The molecule has 1 fully saturated rings. The van der Waals surface area contributed by atoms with Gasteiger partial charge in [0, 0.05) is 21.2 Å². The third-order valence-electron chi connectivity index (χ3n) is 3.74. The zero-order valence-electron chi connectivity index (χ0n) is 11.6. The van der Waals surface area contributed by atoms with Crippen LogP contribution in [0.4, 0.5) is 0 Å². The lowest BCUT2D eigenvalue weighted by atomic mass is 9.87. The summed E-state index contributed by atoms with van der Waals surface area (Å²) < 4.78 is 23.3. The highest BCUT2D eigenvalue weighted by molar-refractivity contribution is 9.10. The molecule has 116 valence electrons. The second-order valence-corrected chi connectivity index (χ2v) is 8.94. The van der Waals surface area contributed by atoms with Crippen molar-refractivity contribution in [3.63, 3.8) is 0 Å². The average molecular weight is 395 g/mol. The van der Waals surface area contributed by atoms with Crippen LogP contribution in [0.1, 0.15) is 43.0 Å². The van der Waals surface area contributed by atoms with Crippen molar-refractivity contribution in [1.82, 2.24) is 5.32 Å². The summed E-state index contributed by atoms with van der Waals surface area (Å²) in [5.41, 5.74) is 0.287. The standard InChI is InChI=1S/C14H17BrClNO3S/c1-9-3-2-4-10(7-9)17-14(18)12-8-11(21(16,19)20)5-6-13(12)15/h5-6,8-10H,2-4,7H2,1H3,(H,17,18). The molecule has 1 N–H and O–H groups in total. The van der Waals surface area contributed by atoms with Gasteiger partial charge in [0.2, 0.25) is 0 Å². The molecule has 7 heteroatoms. The molecule has 1 aromatic rings. The molecule has 2 rings (SSSR count). The maximum atomic E-state index is 12.3. The van der Waals surface area contributed by atoms with Crippen LogP contribution in [-0.2, 0) is 9.05 Å². The van der Waals surface area contributed by atoms with E-state index in [1.807, 2.05) is 0 Å². The summed E-state index contributed by atoms with van der Waals surface area (Å²) in [5.74, 6) is 0.324. The molecule has 1 aromatic carbocycles. The molecule has 0 aromatic heterocycles. The highest BCUT2D eigenvalue weighted by Gasteiger charge is 2.23. The van der Waals surface area contributed by atoms with Gasteiger partial charge in [-0.3, -0.25) is 4.79 Å². The Labute approximate surface area is 137 Å². The molecule has 0 radical (unpaired) electrons. The number of hydrogen-bond donors (Lipinski definition) is 1. The molecule has 0 bridgehead atoms. The van der Waals surface area contributed by atoms with E-state index in [0.29, 0.717) is 10.4 Å². The third-order valence-corrected chi connectivity index (χ3v) is 5.78. The first-order valence-corrected chi connectivity index (χ1v) is 9.92. The summed E-state index contributed by atoms with van der Waals surface area (Å²) in [6.45, 7) is 2.18. The number of benzene rings is 1. The van der Waals surface area contributed by atoms with Gasteiger partial charge in [-0.05, 0) is 52.9 Å². The van der Waals surface area contributed by atoms with Crippen LogP contribution < -0.4 is 5.32 Å². The Bertz CT molecular complexity index is 648. The molecule has 2 unspecified atom stereocenters. The van der Waals surface area contributed by atoms with Gasteiger partial charge in [0.25, 0.3) is 15.0 Å². The van der Waals surface area contributed by atoms with Gasteiger partial charge in [-0.15, -0.1) is 0 Å². The molecule has 21 heavy (non-hydrogen) atoms. The lowest BCUT2D eigenvalue weighted by Gasteiger charge is -2.27. The molecular formula is C14H17BrClNO3S. The van der Waals surface area contributed by atoms with Gasteiger partial charge in [-0.25, -0.2) is 8.42 Å². The molecule has 0 spiro atoms. The Kier molecular flexibility index (Phi) is 5.33. The van der Waals surface area contributed by atoms with Crippen LogP contribution in [0.15, 0.2) is 27.6 Å². The molecule has 0 aliphatic heterocycles. The van der Waals surface area contributed by atoms with Gasteiger partial charge in [0.05, 0.1) is 10.5 Å². The maximum Gasteiger partial charge on any atom is 0.261 e. The van der Waals surface area contributed by atoms with Crippen LogP contribution in [0, 0.1) is 5.92 Å². The molecule has 0 saturated heterocycles. The number of carbonyl (C=O) groups excluding carboxylic acids is 1. The zero-order valence-corrected chi connectivity index (χ0v) is 14.8. The SMILES string of the molecule is CC1CCCC(NC(=O)c2cc(S(=O)(=O)Cl)ccc2Br)C1. The molecule has 2 atom stereocenters. The van der Waals surface area contributed by atoms with Gasteiger partial charge in [0.1, 0.15) is 0 Å². The van der Waals surface area contributed by atoms with E-state index in [1.165, 1.54) is 24.6 Å². The van der Waals surface area contributed by atoms with Crippen molar-refractivity contribution in [3.05, 3.63) is 28.2 Å². The van der Waals surface area contributed by atoms with Crippen LogP contribution in [-0.4, -0.2) is 20.4 Å². The highest BCUT2D eigenvalue weighted by atomic mass is 79.9. The van der Waals surface area contributed by atoms with Gasteiger partial charge in [-0.2, -0.15) is 0 Å². The minimum Gasteiger partial charge on any atom is -0.349 e. The minimum absolute atomic E-state index is 0.0745. The smallest absolute Gasteiger partial charge is 0.261 e. The third kappa shape index (κ3) is 4.44. The van der Waals surface area contributed by atoms with Crippen molar-refractivity contribution >= 4 is 41.6 Å². The number of hydrogen-bond acceptors (Lipinski definition) is 3. The van der Waals surface area contributed by atoms with E-state index in [4.69, 9.17) is 10.7 Å². The molecule has 0 heterocycles. The summed E-state index contributed by atoms with van der Waals surface area (Å²) in [6, 6.07) is 4.33. The first-order valence-electron chi connectivity index (χ1n) is 6.82. The molecule has 1 amide bonds. The van der Waals surface area contributed by atoms with E-state index in [2.05, 4.69) is 28.2 Å². The lowest BCUT2D eigenvalue weighted by molar-refractivity contribution is 0.0920. The van der Waals surface area contributed by atoms with Crippen LogP contribution >= 0.6 is 26.6 Å². The molecule has 1 aliphatic rings. The van der Waals surface area contributed by atoms with Gasteiger partial charge in [-0.1, -0.05) is 19.8 Å². The Morgan fingerprint density at radius 2 is 2.10 bits per heavy atom. The topological polar surface area (TPSA) is 63.2 Å². The second-order valence-electron chi connectivity index (χ2n) is 5.52. The minimum atomic E-state index is -3.85. The Morgan fingerprint density at radius 1 is 1.38 bits per heavy atom. The van der Waals surface area contributed by atoms with E-state index in [9.17, 15) is 13.2 Å². The summed E-state index contributed by atoms with van der Waals surface area (Å²) in [4.78, 5) is 12.3. The lowest BCUT2D eigenvalue weighted by Crippen LogP contribution is -2.38. The summed E-state index contributed by atoms with van der Waals surface area (Å²) >= 11 is 3.28. The second kappa shape index (κ2) is 6.67. The van der Waals surface area contributed by atoms with Crippen LogP contribution in [0.2, 0.25) is 0 Å². The van der Waals surface area contributed by atoms with Gasteiger partial charge >= 0.3 is 0 Å². The first-order chi connectivity index (χ1) is 9.77. The van der Waals surface area contributed by atoms with E-state index in [-0.39, 0.29) is 22.4 Å². The van der Waals surface area contributed by atoms with Crippen molar-refractivity contribution in [3.8, 4) is 0 Å². The molecule has 1 aliphatic carbocycles. The predicted octanol–water partition coefficient (Wildman–Crippen LogP) is 3.69. The van der Waals surface area contributed by atoms with Crippen LogP contribution in [0.25, 0.3) is 0 Å². The maximum absolute atomic E-state index is 12.3. The van der Waals surface area contributed by atoms with E-state index < -0.39 is 9.05 Å². The quantitative estimate of drug-likeness (QED) is 0.795. The fourth-order valence-corrected chi connectivity index (χ4v) is 3.86. The number of rotatable bonds is 3. The normalized spacial score (nSPS) is 22.8. The van der Waals surface area contributed by atoms with Crippen molar-refractivity contribution in [1.29, 1.82) is 0 Å². The van der Waals surface area contributed by atoms with E-state index in [1.54, 1.807) is 0 Å². The van der Waals surface area contributed by atoms with Gasteiger partial charge in [0.15, 0.2) is 0 Å². The number of nitrogens with one attached hydrogen (secondary N) is 1. The number of amides is 1. The molecular weight excluding hydrogens is 378 g/mol. The van der Waals surface area contributed by atoms with Crippen LogP contribution in [0.5, 0.6) is 0 Å². The summed E-state index contributed by atoms with van der Waals surface area (Å²) in [6.07, 6.45) is 4.21. The van der Waals surface area contributed by atoms with E-state index in [0.717, 1.165) is 19.3 Å². The Balaban J connectivity index is 2.18. The monoisotopic (exact) mass is 393 g/mol. The van der Waals surface area contributed by atoms with Gasteiger partial charge < -0.3 is 5.32 Å². The van der Waals surface area contributed by atoms with Crippen molar-refractivity contribution in [2.45, 2.75) is 43.5 Å². The van der Waals surface area contributed by atoms with Crippen LogP contribution in [0.3, 0.4) is 0 Å². The Morgan fingerprint density at radius 3 is 2.71 bits per heavy atom. The molecule has 4 nitrogen and oxygen atoms in total. The summed E-state index contributed by atoms with van der Waals surface area (Å²) in [7, 11) is 1.48. The largest absolute Gasteiger partial charge is 0.349 e. The number of halogens is 2. The number of carbonyl (C=O) groups is 1. The van der Waals surface area contributed by atoms with Crippen molar-refractivity contribution in [2.75, 3.05) is 0 Å². The fourth-order valence-electron chi connectivity index (χ4n) is 2.66.